The second-order valence-electron chi connectivity index (χ2n) is 11.5. The van der Waals surface area contributed by atoms with Crippen molar-refractivity contribution in [2.45, 2.75) is 70.1 Å². The molecule has 0 amide bonds. The number of aromatic nitrogens is 1. The minimum atomic E-state index is -4.09. The fourth-order valence-corrected chi connectivity index (χ4v) is 7.53. The zero-order chi connectivity index (χ0) is 28.9. The van der Waals surface area contributed by atoms with Gasteiger partial charge in [0.1, 0.15) is 11.5 Å². The van der Waals surface area contributed by atoms with Gasteiger partial charge in [0, 0.05) is 53.2 Å². The van der Waals surface area contributed by atoms with Crippen molar-refractivity contribution >= 4 is 42.3 Å². The number of hydrogen-bond donors (Lipinski definition) is 2. The van der Waals surface area contributed by atoms with Crippen molar-refractivity contribution in [3.63, 3.8) is 0 Å². The predicted octanol–water partition coefficient (Wildman–Crippen LogP) is 7.16. The Morgan fingerprint density at radius 2 is 1.93 bits per heavy atom. The van der Waals surface area contributed by atoms with Gasteiger partial charge in [0.15, 0.2) is 5.78 Å². The fraction of sp³-hybridized carbons (Fsp3) is 0.467. The van der Waals surface area contributed by atoms with E-state index in [1.807, 2.05) is 31.2 Å². The second kappa shape index (κ2) is 11.5. The maximum absolute atomic E-state index is 12.6. The number of nitrogens with zero attached hydrogens (tertiary/aromatic N) is 2. The topological polar surface area (TPSA) is 113 Å². The van der Waals surface area contributed by atoms with Crippen LogP contribution in [0.4, 0.5) is 5.69 Å². The number of ether oxygens (including phenoxy) is 1. The molecule has 11 heteroatoms. The average molecular weight is 619 g/mol. The van der Waals surface area contributed by atoms with Gasteiger partial charge in [-0.05, 0) is 74.9 Å². The summed E-state index contributed by atoms with van der Waals surface area (Å²) in [5.41, 5.74) is 5.02. The van der Waals surface area contributed by atoms with E-state index in [2.05, 4.69) is 10.1 Å². The van der Waals surface area contributed by atoms with Crippen LogP contribution in [0.5, 0.6) is 0 Å². The van der Waals surface area contributed by atoms with Crippen molar-refractivity contribution in [1.29, 1.82) is 0 Å². The lowest BCUT2D eigenvalue weighted by Crippen LogP contribution is -2.39. The number of hydrogen-bond acceptors (Lipinski definition) is 6. The quantitative estimate of drug-likeness (QED) is 0.172. The molecule has 1 aliphatic heterocycles. The zero-order valence-corrected chi connectivity index (χ0v) is 25.2. The molecule has 2 N–H and O–H groups in total. The number of benzene rings is 2. The minimum absolute atomic E-state index is 0.0961. The normalized spacial score (nSPS) is 22.1. The molecular formula is C30H33Cl2N2O6P. The molecule has 0 radical (unpaired) electrons. The summed E-state index contributed by atoms with van der Waals surface area (Å²) < 4.78 is 23.4. The number of ketones is 1. The first kappa shape index (κ1) is 28.9. The molecule has 1 saturated heterocycles. The largest absolute Gasteiger partial charge is 0.373 e. The summed E-state index contributed by atoms with van der Waals surface area (Å²) in [6, 6.07) is 11.5. The molecule has 1 aromatic heterocycles. The van der Waals surface area contributed by atoms with E-state index in [1.54, 1.807) is 12.1 Å². The highest BCUT2D eigenvalue weighted by molar-refractivity contribution is 7.51. The molecule has 0 unspecified atom stereocenters. The van der Waals surface area contributed by atoms with E-state index in [1.165, 1.54) is 0 Å². The van der Waals surface area contributed by atoms with E-state index < -0.39 is 7.60 Å². The van der Waals surface area contributed by atoms with Crippen LogP contribution < -0.4 is 4.90 Å². The number of halogens is 2. The van der Waals surface area contributed by atoms with Crippen molar-refractivity contribution in [2.24, 2.45) is 5.92 Å². The summed E-state index contributed by atoms with van der Waals surface area (Å²) >= 11 is 13.0. The van der Waals surface area contributed by atoms with E-state index in [0.717, 1.165) is 54.8 Å². The van der Waals surface area contributed by atoms with Gasteiger partial charge in [-0.3, -0.25) is 9.36 Å². The van der Waals surface area contributed by atoms with Gasteiger partial charge in [0.2, 0.25) is 0 Å². The third-order valence-corrected chi connectivity index (χ3v) is 10.1. The molecule has 2 aromatic carbocycles. The van der Waals surface area contributed by atoms with Crippen molar-refractivity contribution in [3.05, 3.63) is 68.9 Å². The van der Waals surface area contributed by atoms with E-state index in [4.69, 9.17) is 42.2 Å². The summed E-state index contributed by atoms with van der Waals surface area (Å²) in [4.78, 5) is 33.1. The first-order chi connectivity index (χ1) is 19.6. The van der Waals surface area contributed by atoms with E-state index in [-0.39, 0.29) is 30.9 Å². The van der Waals surface area contributed by atoms with Gasteiger partial charge < -0.3 is 23.9 Å². The molecule has 2 heterocycles. The number of anilines is 1. The lowest BCUT2D eigenvalue weighted by Gasteiger charge is -2.34. The Bertz CT molecular complexity index is 1500. The molecule has 218 valence electrons. The zero-order valence-electron chi connectivity index (χ0n) is 22.8. The van der Waals surface area contributed by atoms with Gasteiger partial charge in [0.05, 0.1) is 28.9 Å². The summed E-state index contributed by atoms with van der Waals surface area (Å²) in [5.74, 6) is 1.55. The Balaban J connectivity index is 1.10. The van der Waals surface area contributed by atoms with Gasteiger partial charge in [-0.15, -0.1) is 0 Å². The van der Waals surface area contributed by atoms with Crippen LogP contribution in [0.15, 0.2) is 40.9 Å². The molecule has 3 atom stereocenters. The molecule has 2 aliphatic carbocycles. The lowest BCUT2D eigenvalue weighted by molar-refractivity contribution is 0.0122. The number of piperidine rings is 1. The molecule has 8 nitrogen and oxygen atoms in total. The SMILES string of the molecule is Cc1cc(C(=O)CCCP(=O)(O)O)ccc1N1C[C@@H]2C[C@H]1C[C@H]2OCc1c(-c2c(Cl)cccc2Cl)noc1C1CC1. The molecule has 3 aliphatic rings. The molecule has 6 rings (SSSR count). The second-order valence-corrected chi connectivity index (χ2v) is 14.1. The molecule has 3 aromatic rings. The van der Waals surface area contributed by atoms with Crippen LogP contribution in [0.25, 0.3) is 11.3 Å². The maximum Gasteiger partial charge on any atom is 0.325 e. The Labute approximate surface area is 249 Å². The molecule has 0 spiro atoms. The Morgan fingerprint density at radius 1 is 1.17 bits per heavy atom. The predicted molar refractivity (Wildman–Crippen MR) is 158 cm³/mol. The van der Waals surface area contributed by atoms with Crippen molar-refractivity contribution in [3.8, 4) is 11.3 Å². The molecule has 2 saturated carbocycles. The van der Waals surface area contributed by atoms with Crippen LogP contribution in [-0.2, 0) is 15.9 Å². The Kier molecular flexibility index (Phi) is 8.09. The summed E-state index contributed by atoms with van der Waals surface area (Å²) in [5, 5.41) is 5.45. The van der Waals surface area contributed by atoms with Crippen LogP contribution in [0.3, 0.4) is 0 Å². The number of Topliss-reactive ketones (excluding diaryl/α,β-unsaturated/α-hetero) is 1. The highest BCUT2D eigenvalue weighted by atomic mass is 35.5. The summed E-state index contributed by atoms with van der Waals surface area (Å²) in [7, 11) is -4.09. The number of carbonyl (C=O) groups is 1. The highest BCUT2D eigenvalue weighted by Crippen LogP contribution is 2.47. The average Bonchev–Trinajstić information content (AvgIpc) is 3.37. The van der Waals surface area contributed by atoms with E-state index in [9.17, 15) is 9.36 Å². The number of rotatable bonds is 11. The summed E-state index contributed by atoms with van der Waals surface area (Å²) in [6.45, 7) is 3.29. The minimum Gasteiger partial charge on any atom is -0.373 e. The molecule has 2 bridgehead atoms. The van der Waals surface area contributed by atoms with E-state index >= 15 is 0 Å². The first-order valence-corrected chi connectivity index (χ1v) is 16.6. The lowest BCUT2D eigenvalue weighted by atomic mass is 10.0. The van der Waals surface area contributed by atoms with Crippen LogP contribution in [0.2, 0.25) is 10.0 Å². The van der Waals surface area contributed by atoms with Crippen molar-refractivity contribution in [1.82, 2.24) is 5.16 Å². The fourth-order valence-electron chi connectivity index (χ4n) is 6.39. The van der Waals surface area contributed by atoms with Crippen LogP contribution in [0, 0.1) is 12.8 Å². The highest BCUT2D eigenvalue weighted by Gasteiger charge is 2.46. The molecular weight excluding hydrogens is 586 g/mol. The van der Waals surface area contributed by atoms with Crippen LogP contribution in [0.1, 0.15) is 71.7 Å². The van der Waals surface area contributed by atoms with Gasteiger partial charge in [0.25, 0.3) is 0 Å². The number of fused-ring (bicyclic) bond motifs is 2. The summed E-state index contributed by atoms with van der Waals surface area (Å²) in [6.07, 6.45) is 4.28. The first-order valence-electron chi connectivity index (χ1n) is 14.1. The van der Waals surface area contributed by atoms with Gasteiger partial charge in [-0.1, -0.05) is 34.4 Å². The smallest absolute Gasteiger partial charge is 0.325 e. The monoisotopic (exact) mass is 618 g/mol. The van der Waals surface area contributed by atoms with Crippen molar-refractivity contribution < 1.29 is 28.4 Å². The standard InChI is InChI=1S/C30H33Cl2N2O6P/c1-17-12-19(26(35)6-3-11-41(36,37)38)9-10-25(17)34-15-20-13-21(34)14-27(20)39-16-22-29(33-40-30(22)18-7-8-18)28-23(31)4-2-5-24(28)32/h2,4-5,9-10,12,18,20-21,27H,3,6-8,11,13-16H2,1H3,(H2,36,37,38)/t20-,21-,27+/m0/s1. The van der Waals surface area contributed by atoms with Crippen LogP contribution >= 0.6 is 30.8 Å². The molecule has 41 heavy (non-hydrogen) atoms. The Morgan fingerprint density at radius 3 is 2.56 bits per heavy atom. The number of carbonyl (C=O) groups excluding carboxylic acids is 1. The third-order valence-electron chi connectivity index (χ3n) is 8.57. The Hall–Kier alpha value is -2.19. The molecule has 3 fully saturated rings. The van der Waals surface area contributed by atoms with Crippen LogP contribution in [-0.4, -0.2) is 45.6 Å². The number of aryl methyl sites for hydroxylation is 1. The van der Waals surface area contributed by atoms with Gasteiger partial charge >= 0.3 is 7.60 Å². The van der Waals surface area contributed by atoms with Crippen molar-refractivity contribution in [2.75, 3.05) is 17.6 Å². The third kappa shape index (κ3) is 6.15. The van der Waals surface area contributed by atoms with Gasteiger partial charge in [-0.2, -0.15) is 0 Å². The van der Waals surface area contributed by atoms with E-state index in [0.29, 0.717) is 51.4 Å². The maximum atomic E-state index is 12.6. The van der Waals surface area contributed by atoms with Gasteiger partial charge in [-0.25, -0.2) is 0 Å².